The molecule has 5 heteroatoms. The number of benzene rings is 1. The Hall–Kier alpha value is -0.940. The molecule has 1 aromatic heterocycles. The fraction of sp³-hybridized carbons (Fsp3) is 0.333. The van der Waals surface area contributed by atoms with Gasteiger partial charge in [-0.15, -0.1) is 10.2 Å². The lowest BCUT2D eigenvalue weighted by Crippen LogP contribution is -2.06. The number of aryl methyl sites for hydroxylation is 1. The van der Waals surface area contributed by atoms with Crippen LogP contribution in [-0.4, -0.2) is 16.3 Å². The molecule has 0 atom stereocenters. The molecular weight excluding hydrogens is 300 g/mol. The molecule has 0 saturated heterocycles. The second kappa shape index (κ2) is 5.14. The molecule has 0 bridgehead atoms. The highest BCUT2D eigenvalue weighted by atomic mass is 79.9. The van der Waals surface area contributed by atoms with E-state index >= 15 is 0 Å². The van der Waals surface area contributed by atoms with Crippen molar-refractivity contribution in [3.8, 4) is 16.3 Å². The average molecular weight is 313 g/mol. The van der Waals surface area contributed by atoms with Gasteiger partial charge in [-0.2, -0.15) is 0 Å². The van der Waals surface area contributed by atoms with Crippen LogP contribution < -0.4 is 4.74 Å². The van der Waals surface area contributed by atoms with Gasteiger partial charge in [-0.05, 0) is 60.5 Å². The van der Waals surface area contributed by atoms with E-state index in [1.165, 1.54) is 11.3 Å². The van der Waals surface area contributed by atoms with Crippen LogP contribution in [0.25, 0.3) is 10.6 Å². The quantitative estimate of drug-likeness (QED) is 0.857. The zero-order valence-electron chi connectivity index (χ0n) is 9.90. The van der Waals surface area contributed by atoms with E-state index in [1.54, 1.807) is 0 Å². The van der Waals surface area contributed by atoms with Gasteiger partial charge in [0.05, 0.1) is 6.10 Å². The number of hydrogen-bond donors (Lipinski definition) is 0. The third-order valence-corrected chi connectivity index (χ3v) is 3.59. The number of halogens is 1. The van der Waals surface area contributed by atoms with Crippen molar-refractivity contribution in [2.24, 2.45) is 0 Å². The first kappa shape index (κ1) is 12.5. The smallest absolute Gasteiger partial charge is 0.183 e. The zero-order valence-corrected chi connectivity index (χ0v) is 12.3. The minimum atomic E-state index is 0.190. The Morgan fingerprint density at radius 1 is 1.29 bits per heavy atom. The van der Waals surface area contributed by atoms with E-state index < -0.39 is 0 Å². The van der Waals surface area contributed by atoms with Crippen LogP contribution in [0.15, 0.2) is 22.1 Å². The van der Waals surface area contributed by atoms with Crippen molar-refractivity contribution in [1.29, 1.82) is 0 Å². The summed E-state index contributed by atoms with van der Waals surface area (Å²) in [5.74, 6) is 0.923. The highest BCUT2D eigenvalue weighted by Gasteiger charge is 2.08. The summed E-state index contributed by atoms with van der Waals surface area (Å²) < 4.78 is 6.50. The summed E-state index contributed by atoms with van der Waals surface area (Å²) >= 11 is 4.84. The van der Waals surface area contributed by atoms with Crippen molar-refractivity contribution < 1.29 is 4.74 Å². The van der Waals surface area contributed by atoms with E-state index in [1.807, 2.05) is 32.9 Å². The number of hydrogen-bond acceptors (Lipinski definition) is 4. The molecule has 0 aliphatic carbocycles. The number of rotatable bonds is 3. The van der Waals surface area contributed by atoms with Crippen LogP contribution in [0.1, 0.15) is 19.4 Å². The highest BCUT2D eigenvalue weighted by molar-refractivity contribution is 9.11. The summed E-state index contributed by atoms with van der Waals surface area (Å²) in [5.41, 5.74) is 2.18. The predicted molar refractivity (Wildman–Crippen MR) is 73.5 cm³/mol. The van der Waals surface area contributed by atoms with Crippen LogP contribution in [0.3, 0.4) is 0 Å². The summed E-state index contributed by atoms with van der Waals surface area (Å²) in [7, 11) is 0. The average Bonchev–Trinajstić information content (AvgIpc) is 2.67. The third-order valence-electron chi connectivity index (χ3n) is 2.18. The standard InChI is InChI=1S/C12H13BrN2OS/c1-7(2)16-10-5-4-9(6-8(10)3)11-14-15-12(13)17-11/h4-7H,1-3H3. The molecule has 2 rings (SSSR count). The summed E-state index contributed by atoms with van der Waals surface area (Å²) in [6, 6.07) is 6.07. The fourth-order valence-corrected chi connectivity index (χ4v) is 2.60. The van der Waals surface area contributed by atoms with Gasteiger partial charge in [0.1, 0.15) is 10.8 Å². The lowest BCUT2D eigenvalue weighted by Gasteiger charge is -2.12. The Morgan fingerprint density at radius 2 is 2.06 bits per heavy atom. The number of ether oxygens (including phenoxy) is 1. The second-order valence-corrected chi connectivity index (χ2v) is 6.26. The highest BCUT2D eigenvalue weighted by Crippen LogP contribution is 2.30. The van der Waals surface area contributed by atoms with Crippen molar-refractivity contribution in [3.05, 3.63) is 27.7 Å². The van der Waals surface area contributed by atoms with Gasteiger partial charge in [0.2, 0.25) is 0 Å². The van der Waals surface area contributed by atoms with Gasteiger partial charge in [0.15, 0.2) is 3.92 Å². The summed E-state index contributed by atoms with van der Waals surface area (Å²) in [4.78, 5) is 0. The van der Waals surface area contributed by atoms with Crippen molar-refractivity contribution in [1.82, 2.24) is 10.2 Å². The van der Waals surface area contributed by atoms with Gasteiger partial charge in [-0.25, -0.2) is 0 Å². The van der Waals surface area contributed by atoms with Crippen LogP contribution in [0.2, 0.25) is 0 Å². The number of nitrogens with zero attached hydrogens (tertiary/aromatic N) is 2. The lowest BCUT2D eigenvalue weighted by molar-refractivity contribution is 0.241. The molecule has 1 heterocycles. The Morgan fingerprint density at radius 3 is 2.59 bits per heavy atom. The molecule has 0 spiro atoms. The van der Waals surface area contributed by atoms with Gasteiger partial charge >= 0.3 is 0 Å². The van der Waals surface area contributed by atoms with E-state index in [4.69, 9.17) is 4.74 Å². The van der Waals surface area contributed by atoms with Gasteiger partial charge in [0.25, 0.3) is 0 Å². The van der Waals surface area contributed by atoms with Crippen molar-refractivity contribution in [2.45, 2.75) is 26.9 Å². The Balaban J connectivity index is 2.30. The molecule has 0 aliphatic rings. The molecule has 1 aromatic carbocycles. The molecule has 90 valence electrons. The first-order valence-electron chi connectivity index (χ1n) is 5.33. The van der Waals surface area contributed by atoms with Crippen molar-refractivity contribution >= 4 is 27.3 Å². The minimum absolute atomic E-state index is 0.190. The monoisotopic (exact) mass is 312 g/mol. The molecule has 0 aliphatic heterocycles. The van der Waals surface area contributed by atoms with Crippen LogP contribution in [0.4, 0.5) is 0 Å². The van der Waals surface area contributed by atoms with Crippen molar-refractivity contribution in [3.63, 3.8) is 0 Å². The van der Waals surface area contributed by atoms with Crippen LogP contribution in [0.5, 0.6) is 5.75 Å². The normalized spacial score (nSPS) is 10.9. The first-order valence-corrected chi connectivity index (χ1v) is 6.94. The molecule has 0 saturated carbocycles. The van der Waals surface area contributed by atoms with Gasteiger partial charge < -0.3 is 4.74 Å². The molecule has 0 unspecified atom stereocenters. The van der Waals surface area contributed by atoms with Crippen molar-refractivity contribution in [2.75, 3.05) is 0 Å². The van der Waals surface area contributed by atoms with E-state index in [2.05, 4.69) is 32.2 Å². The maximum Gasteiger partial charge on any atom is 0.183 e. The molecule has 3 nitrogen and oxygen atoms in total. The molecular formula is C12H13BrN2OS. The summed E-state index contributed by atoms with van der Waals surface area (Å²) in [6.45, 7) is 6.09. The predicted octanol–water partition coefficient (Wildman–Crippen LogP) is 4.06. The Kier molecular flexibility index (Phi) is 3.79. The third kappa shape index (κ3) is 3.04. The minimum Gasteiger partial charge on any atom is -0.491 e. The van der Waals surface area contributed by atoms with Gasteiger partial charge in [0, 0.05) is 5.56 Å². The second-order valence-electron chi connectivity index (χ2n) is 4.01. The topological polar surface area (TPSA) is 35.0 Å². The maximum absolute atomic E-state index is 5.70. The molecule has 0 radical (unpaired) electrons. The van der Waals surface area contributed by atoms with Gasteiger partial charge in [-0.1, -0.05) is 11.3 Å². The first-order chi connectivity index (χ1) is 8.06. The van der Waals surface area contributed by atoms with E-state index in [0.29, 0.717) is 0 Å². The SMILES string of the molecule is Cc1cc(-c2nnc(Br)s2)ccc1OC(C)C. The lowest BCUT2D eigenvalue weighted by atomic mass is 10.1. The van der Waals surface area contributed by atoms with Crippen LogP contribution in [0, 0.1) is 6.92 Å². The van der Waals surface area contributed by atoms with Crippen LogP contribution in [-0.2, 0) is 0 Å². The van der Waals surface area contributed by atoms with E-state index in [0.717, 1.165) is 25.8 Å². The molecule has 2 aromatic rings. The molecule has 0 fully saturated rings. The Bertz CT molecular complexity index is 525. The number of aromatic nitrogens is 2. The molecule has 17 heavy (non-hydrogen) atoms. The molecule has 0 N–H and O–H groups in total. The summed E-state index contributed by atoms with van der Waals surface area (Å²) in [6.07, 6.45) is 0.190. The largest absolute Gasteiger partial charge is 0.491 e. The summed E-state index contributed by atoms with van der Waals surface area (Å²) in [5, 5.41) is 8.96. The van der Waals surface area contributed by atoms with E-state index in [9.17, 15) is 0 Å². The molecule has 0 amide bonds. The fourth-order valence-electron chi connectivity index (χ4n) is 1.49. The van der Waals surface area contributed by atoms with Crippen LogP contribution >= 0.6 is 27.3 Å². The zero-order chi connectivity index (χ0) is 12.4. The van der Waals surface area contributed by atoms with Gasteiger partial charge in [-0.3, -0.25) is 0 Å². The maximum atomic E-state index is 5.70. The Labute approximate surface area is 113 Å². The van der Waals surface area contributed by atoms with E-state index in [-0.39, 0.29) is 6.10 Å².